The minimum Gasteiger partial charge on any atom is -0.357 e. The van der Waals surface area contributed by atoms with Crippen molar-refractivity contribution in [3.05, 3.63) is 36.2 Å². The van der Waals surface area contributed by atoms with Crippen LogP contribution >= 0.6 is 0 Å². The lowest BCUT2D eigenvalue weighted by molar-refractivity contribution is 0.517. The number of likely N-dealkylation sites (tertiary alicyclic amines) is 1. The zero-order valence-electron chi connectivity index (χ0n) is 9.56. The zero-order chi connectivity index (χ0) is 11.7. The summed E-state index contributed by atoms with van der Waals surface area (Å²) in [6, 6.07) is 5.84. The lowest BCUT2D eigenvalue weighted by Gasteiger charge is -2.18. The molecule has 0 atom stereocenters. The Hall–Kier alpha value is -1.97. The second kappa shape index (κ2) is 4.13. The first-order chi connectivity index (χ1) is 8.34. The van der Waals surface area contributed by atoms with Gasteiger partial charge < -0.3 is 4.90 Å². The molecule has 2 aromatic rings. The molecule has 3 rings (SSSR count). The van der Waals surface area contributed by atoms with E-state index in [0.29, 0.717) is 5.84 Å². The molecule has 4 nitrogen and oxygen atoms in total. The van der Waals surface area contributed by atoms with Crippen LogP contribution in [-0.4, -0.2) is 33.8 Å². The molecule has 1 aliphatic rings. The molecule has 17 heavy (non-hydrogen) atoms. The summed E-state index contributed by atoms with van der Waals surface area (Å²) < 4.78 is 0. The molecule has 0 saturated carbocycles. The van der Waals surface area contributed by atoms with Gasteiger partial charge in [0.15, 0.2) is 0 Å². The highest BCUT2D eigenvalue weighted by molar-refractivity contribution is 5.99. The number of aromatic nitrogens is 2. The van der Waals surface area contributed by atoms with Crippen LogP contribution in [0.4, 0.5) is 0 Å². The topological polar surface area (TPSA) is 52.9 Å². The van der Waals surface area contributed by atoms with Gasteiger partial charge in [-0.3, -0.25) is 15.4 Å². The molecule has 0 bridgehead atoms. The number of nitrogens with one attached hydrogen (secondary N) is 1. The molecule has 1 fully saturated rings. The Bertz CT molecular complexity index is 558. The first kappa shape index (κ1) is 10.2. The van der Waals surface area contributed by atoms with Crippen molar-refractivity contribution in [1.29, 1.82) is 5.41 Å². The average molecular weight is 226 g/mol. The molecular formula is C13H14N4. The van der Waals surface area contributed by atoms with E-state index in [1.165, 1.54) is 12.8 Å². The van der Waals surface area contributed by atoms with E-state index in [0.717, 1.165) is 29.7 Å². The Morgan fingerprint density at radius 2 is 1.76 bits per heavy atom. The van der Waals surface area contributed by atoms with Gasteiger partial charge in [-0.05, 0) is 31.0 Å². The Morgan fingerprint density at radius 3 is 2.53 bits per heavy atom. The fourth-order valence-corrected chi connectivity index (χ4v) is 2.23. The molecule has 0 unspecified atom stereocenters. The molecular weight excluding hydrogens is 212 g/mol. The minimum atomic E-state index is 0.607. The van der Waals surface area contributed by atoms with E-state index in [1.807, 2.05) is 18.2 Å². The zero-order valence-corrected chi connectivity index (χ0v) is 9.56. The smallest absolute Gasteiger partial charge is 0.128 e. The largest absolute Gasteiger partial charge is 0.357 e. The van der Waals surface area contributed by atoms with Crippen molar-refractivity contribution in [2.75, 3.05) is 13.1 Å². The molecule has 0 aliphatic carbocycles. The lowest BCUT2D eigenvalue weighted by atomic mass is 10.1. The van der Waals surface area contributed by atoms with E-state index in [2.05, 4.69) is 14.9 Å². The normalized spacial score (nSPS) is 15.4. The molecule has 1 aromatic carbocycles. The van der Waals surface area contributed by atoms with Crippen molar-refractivity contribution in [3.63, 3.8) is 0 Å². The van der Waals surface area contributed by atoms with Gasteiger partial charge in [0.2, 0.25) is 0 Å². The maximum atomic E-state index is 8.18. The number of amidine groups is 1. The first-order valence-corrected chi connectivity index (χ1v) is 5.89. The monoisotopic (exact) mass is 226 g/mol. The highest BCUT2D eigenvalue weighted by atomic mass is 15.2. The molecule has 0 amide bonds. The van der Waals surface area contributed by atoms with Gasteiger partial charge in [0.25, 0.3) is 0 Å². The summed E-state index contributed by atoms with van der Waals surface area (Å²) in [6.45, 7) is 1.99. The molecule has 0 spiro atoms. The van der Waals surface area contributed by atoms with Crippen LogP contribution in [0.5, 0.6) is 0 Å². The Morgan fingerprint density at radius 1 is 1.06 bits per heavy atom. The number of nitrogens with zero attached hydrogens (tertiary/aromatic N) is 3. The summed E-state index contributed by atoms with van der Waals surface area (Å²) in [7, 11) is 0. The van der Waals surface area contributed by atoms with Gasteiger partial charge in [-0.15, -0.1) is 0 Å². The van der Waals surface area contributed by atoms with Gasteiger partial charge in [0.05, 0.1) is 11.0 Å². The average Bonchev–Trinajstić information content (AvgIpc) is 2.91. The third-order valence-electron chi connectivity index (χ3n) is 3.17. The minimum absolute atomic E-state index is 0.607. The highest BCUT2D eigenvalue weighted by Gasteiger charge is 2.16. The van der Waals surface area contributed by atoms with Crippen LogP contribution in [0.1, 0.15) is 18.4 Å². The van der Waals surface area contributed by atoms with Crippen molar-refractivity contribution in [1.82, 2.24) is 14.9 Å². The van der Waals surface area contributed by atoms with Crippen LogP contribution in [0.25, 0.3) is 11.0 Å². The molecule has 1 N–H and O–H groups in total. The molecule has 86 valence electrons. The molecule has 2 heterocycles. The van der Waals surface area contributed by atoms with Crippen molar-refractivity contribution in [2.24, 2.45) is 0 Å². The summed E-state index contributed by atoms with van der Waals surface area (Å²) in [6.07, 6.45) is 5.75. The van der Waals surface area contributed by atoms with Gasteiger partial charge in [-0.1, -0.05) is 0 Å². The third kappa shape index (κ3) is 1.86. The van der Waals surface area contributed by atoms with Gasteiger partial charge in [0.1, 0.15) is 5.84 Å². The number of rotatable bonds is 1. The summed E-state index contributed by atoms with van der Waals surface area (Å²) in [5, 5.41) is 8.18. The van der Waals surface area contributed by atoms with Crippen LogP contribution in [0.2, 0.25) is 0 Å². The van der Waals surface area contributed by atoms with Gasteiger partial charge in [0, 0.05) is 31.0 Å². The van der Waals surface area contributed by atoms with E-state index in [1.54, 1.807) is 12.4 Å². The van der Waals surface area contributed by atoms with Crippen molar-refractivity contribution >= 4 is 16.9 Å². The molecule has 1 aliphatic heterocycles. The van der Waals surface area contributed by atoms with E-state index >= 15 is 0 Å². The number of fused-ring (bicyclic) bond motifs is 1. The van der Waals surface area contributed by atoms with Crippen molar-refractivity contribution < 1.29 is 0 Å². The van der Waals surface area contributed by atoms with Crippen LogP contribution in [0.15, 0.2) is 30.6 Å². The van der Waals surface area contributed by atoms with Crippen molar-refractivity contribution in [2.45, 2.75) is 12.8 Å². The third-order valence-corrected chi connectivity index (χ3v) is 3.17. The van der Waals surface area contributed by atoms with E-state index in [-0.39, 0.29) is 0 Å². The Labute approximate surface area is 99.8 Å². The summed E-state index contributed by atoms with van der Waals surface area (Å²) in [5.74, 6) is 0.607. The second-order valence-corrected chi connectivity index (χ2v) is 4.30. The lowest BCUT2D eigenvalue weighted by Crippen LogP contribution is -2.27. The highest BCUT2D eigenvalue weighted by Crippen LogP contribution is 2.16. The van der Waals surface area contributed by atoms with Crippen LogP contribution in [-0.2, 0) is 0 Å². The maximum Gasteiger partial charge on any atom is 0.128 e. The van der Waals surface area contributed by atoms with Gasteiger partial charge >= 0.3 is 0 Å². The maximum absolute atomic E-state index is 8.18. The van der Waals surface area contributed by atoms with Crippen molar-refractivity contribution in [3.8, 4) is 0 Å². The van der Waals surface area contributed by atoms with Crippen LogP contribution in [0.3, 0.4) is 0 Å². The SMILES string of the molecule is N=C(c1ccc2nccnc2c1)N1CCCC1. The number of benzene rings is 1. The quantitative estimate of drug-likeness (QED) is 0.598. The van der Waals surface area contributed by atoms with E-state index < -0.39 is 0 Å². The standard InChI is InChI=1S/C13H14N4/c14-13(17-7-1-2-8-17)10-3-4-11-12(9-10)16-6-5-15-11/h3-6,9,14H,1-2,7-8H2. The van der Waals surface area contributed by atoms with E-state index in [4.69, 9.17) is 5.41 Å². The van der Waals surface area contributed by atoms with Gasteiger partial charge in [-0.25, -0.2) is 0 Å². The Kier molecular flexibility index (Phi) is 2.48. The number of hydrogen-bond donors (Lipinski definition) is 1. The number of hydrogen-bond acceptors (Lipinski definition) is 3. The Balaban J connectivity index is 1.97. The second-order valence-electron chi connectivity index (χ2n) is 4.30. The fourth-order valence-electron chi connectivity index (χ4n) is 2.23. The summed E-state index contributed by atoms with van der Waals surface area (Å²) >= 11 is 0. The van der Waals surface area contributed by atoms with E-state index in [9.17, 15) is 0 Å². The molecule has 0 radical (unpaired) electrons. The first-order valence-electron chi connectivity index (χ1n) is 5.89. The molecule has 1 aromatic heterocycles. The summed E-state index contributed by atoms with van der Waals surface area (Å²) in [4.78, 5) is 10.6. The predicted molar refractivity (Wildman–Crippen MR) is 67.2 cm³/mol. The summed E-state index contributed by atoms with van der Waals surface area (Å²) in [5.41, 5.74) is 2.67. The fraction of sp³-hybridized carbons (Fsp3) is 0.308. The molecule has 4 heteroatoms. The van der Waals surface area contributed by atoms with Crippen LogP contribution < -0.4 is 0 Å². The molecule has 1 saturated heterocycles. The predicted octanol–water partition coefficient (Wildman–Crippen LogP) is 2.05. The van der Waals surface area contributed by atoms with Crippen LogP contribution in [0, 0.1) is 5.41 Å². The van der Waals surface area contributed by atoms with Gasteiger partial charge in [-0.2, -0.15) is 0 Å².